The van der Waals surface area contributed by atoms with Crippen LogP contribution in [0.4, 0.5) is 10.1 Å². The quantitative estimate of drug-likeness (QED) is 0.352. The maximum atomic E-state index is 13.8. The van der Waals surface area contributed by atoms with Crippen LogP contribution < -0.4 is 9.62 Å². The standard InChI is InChI=1S/C28H31BrFN3O4S/c1-19(2)31-28(35)21(4)32(17-22-7-9-23(29)10-8-22)27(34)18-33(25-13-5-20(3)6-14-25)38(36,37)26-15-11-24(30)12-16-26/h5-16,19,21H,17-18H2,1-4H3,(H,31,35). The van der Waals surface area contributed by atoms with Crippen LogP contribution >= 0.6 is 15.9 Å². The van der Waals surface area contributed by atoms with Gasteiger partial charge in [0.1, 0.15) is 18.4 Å². The van der Waals surface area contributed by atoms with E-state index in [0.29, 0.717) is 0 Å². The molecule has 0 heterocycles. The van der Waals surface area contributed by atoms with E-state index in [1.165, 1.54) is 4.90 Å². The van der Waals surface area contributed by atoms with Crippen LogP contribution in [-0.2, 0) is 26.2 Å². The fourth-order valence-electron chi connectivity index (χ4n) is 3.75. The number of carbonyl (C=O) groups is 2. The molecule has 10 heteroatoms. The number of sulfonamides is 1. The van der Waals surface area contributed by atoms with Crippen molar-refractivity contribution in [3.8, 4) is 0 Å². The van der Waals surface area contributed by atoms with Gasteiger partial charge < -0.3 is 10.2 Å². The van der Waals surface area contributed by atoms with E-state index >= 15 is 0 Å². The van der Waals surface area contributed by atoms with Crippen LogP contribution in [0.5, 0.6) is 0 Å². The maximum absolute atomic E-state index is 13.8. The van der Waals surface area contributed by atoms with Crippen molar-refractivity contribution in [2.75, 3.05) is 10.8 Å². The van der Waals surface area contributed by atoms with Gasteiger partial charge in [0.05, 0.1) is 10.6 Å². The number of hydrogen-bond acceptors (Lipinski definition) is 4. The molecule has 1 N–H and O–H groups in total. The SMILES string of the molecule is Cc1ccc(N(CC(=O)N(Cc2ccc(Br)cc2)C(C)C(=O)NC(C)C)S(=O)(=O)c2ccc(F)cc2)cc1. The van der Waals surface area contributed by atoms with E-state index in [0.717, 1.165) is 44.2 Å². The minimum absolute atomic E-state index is 0.0944. The lowest BCUT2D eigenvalue weighted by molar-refractivity contribution is -0.139. The number of amides is 2. The summed E-state index contributed by atoms with van der Waals surface area (Å²) in [5, 5.41) is 2.82. The molecule has 1 unspecified atom stereocenters. The maximum Gasteiger partial charge on any atom is 0.264 e. The smallest absolute Gasteiger partial charge is 0.264 e. The van der Waals surface area contributed by atoms with Crippen molar-refractivity contribution < 1.29 is 22.4 Å². The van der Waals surface area contributed by atoms with Gasteiger partial charge >= 0.3 is 0 Å². The number of halogens is 2. The summed E-state index contributed by atoms with van der Waals surface area (Å²) >= 11 is 3.39. The molecule has 0 saturated heterocycles. The first-order valence-corrected chi connectivity index (χ1v) is 14.3. The number of benzene rings is 3. The van der Waals surface area contributed by atoms with Gasteiger partial charge in [0.2, 0.25) is 11.8 Å². The van der Waals surface area contributed by atoms with Crippen LogP contribution in [-0.4, -0.2) is 43.8 Å². The molecule has 0 spiro atoms. The van der Waals surface area contributed by atoms with Crippen LogP contribution in [0.2, 0.25) is 0 Å². The molecule has 3 aromatic carbocycles. The average molecular weight is 605 g/mol. The number of anilines is 1. The lowest BCUT2D eigenvalue weighted by Crippen LogP contribution is -2.52. The zero-order valence-electron chi connectivity index (χ0n) is 21.7. The summed E-state index contributed by atoms with van der Waals surface area (Å²) < 4.78 is 42.7. The molecule has 0 bridgehead atoms. The Hall–Kier alpha value is -3.24. The van der Waals surface area contributed by atoms with Crippen LogP contribution in [0.15, 0.2) is 82.2 Å². The first-order chi connectivity index (χ1) is 17.9. The first-order valence-electron chi connectivity index (χ1n) is 12.1. The highest BCUT2D eigenvalue weighted by molar-refractivity contribution is 9.10. The molecule has 0 radical (unpaired) electrons. The Balaban J connectivity index is 2.02. The lowest BCUT2D eigenvalue weighted by Gasteiger charge is -2.32. The third kappa shape index (κ3) is 7.41. The van der Waals surface area contributed by atoms with Crippen molar-refractivity contribution in [3.05, 3.63) is 94.2 Å². The largest absolute Gasteiger partial charge is 0.352 e. The number of hydrogen-bond donors (Lipinski definition) is 1. The van der Waals surface area contributed by atoms with E-state index < -0.39 is 34.3 Å². The van der Waals surface area contributed by atoms with Crippen molar-refractivity contribution in [2.24, 2.45) is 0 Å². The van der Waals surface area contributed by atoms with Gasteiger partial charge in [0.25, 0.3) is 10.0 Å². The molecular weight excluding hydrogens is 573 g/mol. The van der Waals surface area contributed by atoms with E-state index in [4.69, 9.17) is 0 Å². The summed E-state index contributed by atoms with van der Waals surface area (Å²) in [6.45, 7) is 6.65. The van der Waals surface area contributed by atoms with Gasteiger partial charge in [-0.15, -0.1) is 0 Å². The van der Waals surface area contributed by atoms with Crippen molar-refractivity contribution in [2.45, 2.75) is 51.2 Å². The zero-order valence-corrected chi connectivity index (χ0v) is 24.1. The van der Waals surface area contributed by atoms with E-state index in [1.807, 2.05) is 45.0 Å². The molecule has 38 heavy (non-hydrogen) atoms. The molecule has 0 saturated carbocycles. The van der Waals surface area contributed by atoms with Crippen LogP contribution in [0.1, 0.15) is 31.9 Å². The minimum atomic E-state index is -4.24. The van der Waals surface area contributed by atoms with Crippen molar-refractivity contribution >= 4 is 43.5 Å². The highest BCUT2D eigenvalue weighted by Crippen LogP contribution is 2.25. The van der Waals surface area contributed by atoms with Crippen LogP contribution in [0.25, 0.3) is 0 Å². The monoisotopic (exact) mass is 603 g/mol. The summed E-state index contributed by atoms with van der Waals surface area (Å²) in [7, 11) is -4.24. The molecule has 202 valence electrons. The molecule has 0 aliphatic heterocycles. The molecule has 0 aromatic heterocycles. The van der Waals surface area contributed by atoms with E-state index in [-0.39, 0.29) is 29.1 Å². The highest BCUT2D eigenvalue weighted by Gasteiger charge is 2.32. The molecule has 0 aliphatic rings. The third-order valence-electron chi connectivity index (χ3n) is 5.87. The van der Waals surface area contributed by atoms with Gasteiger partial charge in [0, 0.05) is 17.1 Å². The summed E-state index contributed by atoms with van der Waals surface area (Å²) in [6.07, 6.45) is 0. The van der Waals surface area contributed by atoms with Crippen molar-refractivity contribution in [1.82, 2.24) is 10.2 Å². The van der Waals surface area contributed by atoms with E-state index in [2.05, 4.69) is 21.2 Å². The lowest BCUT2D eigenvalue weighted by atomic mass is 10.1. The van der Waals surface area contributed by atoms with Gasteiger partial charge in [-0.2, -0.15) is 0 Å². The van der Waals surface area contributed by atoms with Gasteiger partial charge in [-0.3, -0.25) is 13.9 Å². The predicted octanol–water partition coefficient (Wildman–Crippen LogP) is 5.03. The molecular formula is C28H31BrFN3O4S. The summed E-state index contributed by atoms with van der Waals surface area (Å²) in [5.74, 6) is -1.49. The second-order valence-corrected chi connectivity index (χ2v) is 12.1. The van der Waals surface area contributed by atoms with Gasteiger partial charge in [-0.25, -0.2) is 12.8 Å². The Kier molecular flexibility index (Phi) is 9.67. The molecule has 2 amide bonds. The van der Waals surface area contributed by atoms with Gasteiger partial charge in [-0.05, 0) is 81.8 Å². The molecule has 3 aromatic rings. The molecule has 0 aliphatic carbocycles. The molecule has 0 fully saturated rings. The van der Waals surface area contributed by atoms with Crippen LogP contribution in [0, 0.1) is 12.7 Å². The summed E-state index contributed by atoms with van der Waals surface area (Å²) in [5.41, 5.74) is 1.96. The number of aryl methyl sites for hydroxylation is 1. The Morgan fingerprint density at radius 3 is 2.05 bits per heavy atom. The second kappa shape index (κ2) is 12.5. The zero-order chi connectivity index (χ0) is 28.0. The average Bonchev–Trinajstić information content (AvgIpc) is 2.87. The minimum Gasteiger partial charge on any atom is -0.352 e. The molecule has 7 nitrogen and oxygen atoms in total. The molecule has 1 atom stereocenters. The second-order valence-electron chi connectivity index (χ2n) is 9.29. The van der Waals surface area contributed by atoms with Crippen molar-refractivity contribution in [3.63, 3.8) is 0 Å². The van der Waals surface area contributed by atoms with Crippen molar-refractivity contribution in [1.29, 1.82) is 0 Å². The predicted molar refractivity (Wildman–Crippen MR) is 150 cm³/mol. The number of nitrogens with zero attached hydrogens (tertiary/aromatic N) is 2. The first kappa shape index (κ1) is 29.3. The fourth-order valence-corrected chi connectivity index (χ4v) is 5.43. The molecule has 3 rings (SSSR count). The Labute approximate surface area is 231 Å². The summed E-state index contributed by atoms with van der Waals surface area (Å²) in [6, 6.07) is 17.4. The van der Waals surface area contributed by atoms with Gasteiger partial charge in [-0.1, -0.05) is 45.8 Å². The number of rotatable bonds is 10. The topological polar surface area (TPSA) is 86.8 Å². The third-order valence-corrected chi connectivity index (χ3v) is 8.18. The Bertz CT molecular complexity index is 1360. The van der Waals surface area contributed by atoms with E-state index in [1.54, 1.807) is 31.2 Å². The number of nitrogens with one attached hydrogen (secondary N) is 1. The van der Waals surface area contributed by atoms with Crippen LogP contribution in [0.3, 0.4) is 0 Å². The van der Waals surface area contributed by atoms with E-state index in [9.17, 15) is 22.4 Å². The Morgan fingerprint density at radius 1 is 0.921 bits per heavy atom. The normalized spacial score (nSPS) is 12.2. The number of carbonyl (C=O) groups excluding carboxylic acids is 2. The summed E-state index contributed by atoms with van der Waals surface area (Å²) in [4.78, 5) is 27.9. The van der Waals surface area contributed by atoms with Gasteiger partial charge in [0.15, 0.2) is 0 Å². The fraction of sp³-hybridized carbons (Fsp3) is 0.286. The Morgan fingerprint density at radius 2 is 1.50 bits per heavy atom. The highest BCUT2D eigenvalue weighted by atomic mass is 79.9.